The second-order valence-electron chi connectivity index (χ2n) is 6.46. The molecule has 0 amide bonds. The molecule has 0 radical (unpaired) electrons. The van der Waals surface area contributed by atoms with E-state index in [1.807, 2.05) is 60.7 Å². The maximum Gasteiger partial charge on any atom is 0.148 e. The highest BCUT2D eigenvalue weighted by Gasteiger charge is 2.40. The van der Waals surface area contributed by atoms with Gasteiger partial charge in [0.25, 0.3) is 0 Å². The van der Waals surface area contributed by atoms with E-state index in [9.17, 15) is 9.67 Å². The Morgan fingerprint density at radius 2 is 1.22 bits per heavy atom. The summed E-state index contributed by atoms with van der Waals surface area (Å²) in [5.74, 6) is 0. The Kier molecular flexibility index (Phi) is 5.35. The van der Waals surface area contributed by atoms with E-state index in [-0.39, 0.29) is 5.66 Å². The Hall–Kier alpha value is -1.37. The third-order valence-corrected chi connectivity index (χ3v) is 8.61. The molecule has 0 bridgehead atoms. The highest BCUT2D eigenvalue weighted by molar-refractivity contribution is 7.79. The number of aliphatic hydroxyl groups is 1. The van der Waals surface area contributed by atoms with Gasteiger partial charge in [-0.25, -0.2) is 0 Å². The first kappa shape index (κ1) is 16.5. The van der Waals surface area contributed by atoms with Crippen molar-refractivity contribution < 1.29 is 9.67 Å². The van der Waals surface area contributed by atoms with E-state index in [1.54, 1.807) is 0 Å². The predicted octanol–water partition coefficient (Wildman–Crippen LogP) is 4.08. The van der Waals surface area contributed by atoms with Crippen molar-refractivity contribution in [2.75, 3.05) is 0 Å². The normalized spacial score (nSPS) is 23.0. The molecule has 23 heavy (non-hydrogen) atoms. The van der Waals surface area contributed by atoms with Gasteiger partial charge in [-0.3, -0.25) is 0 Å². The molecule has 0 heterocycles. The summed E-state index contributed by atoms with van der Waals surface area (Å²) < 4.78 is 14.3. The van der Waals surface area contributed by atoms with E-state index in [0.717, 1.165) is 36.3 Å². The Bertz CT molecular complexity index is 610. The van der Waals surface area contributed by atoms with Gasteiger partial charge in [-0.05, 0) is 12.8 Å². The maximum atomic E-state index is 14.3. The van der Waals surface area contributed by atoms with Crippen molar-refractivity contribution in [1.82, 2.24) is 0 Å². The molecule has 1 N–H and O–H groups in total. The van der Waals surface area contributed by atoms with Crippen molar-refractivity contribution >= 4 is 17.8 Å². The Labute approximate surface area is 138 Å². The van der Waals surface area contributed by atoms with Crippen molar-refractivity contribution in [2.45, 2.75) is 50.3 Å². The Morgan fingerprint density at radius 1 is 0.739 bits per heavy atom. The van der Waals surface area contributed by atoms with Crippen LogP contribution in [0.15, 0.2) is 60.7 Å². The third-order valence-electron chi connectivity index (χ3n) is 4.94. The first-order valence-corrected chi connectivity index (χ1v) is 10.4. The molecule has 2 nitrogen and oxygen atoms in total. The lowest BCUT2D eigenvalue weighted by Crippen LogP contribution is -2.35. The fourth-order valence-corrected chi connectivity index (χ4v) is 7.17. The number of benzene rings is 2. The summed E-state index contributed by atoms with van der Waals surface area (Å²) in [7, 11) is -2.85. The van der Waals surface area contributed by atoms with Crippen molar-refractivity contribution in [3.8, 4) is 0 Å². The molecule has 2 aromatic carbocycles. The first-order valence-electron chi connectivity index (χ1n) is 8.62. The van der Waals surface area contributed by atoms with Crippen LogP contribution in [0.4, 0.5) is 0 Å². The van der Waals surface area contributed by atoms with Crippen LogP contribution in [0.25, 0.3) is 0 Å². The molecule has 2 atom stereocenters. The first-order chi connectivity index (χ1) is 11.2. The number of rotatable bonds is 3. The number of aliphatic hydroxyl groups excluding tert-OH is 1. The maximum absolute atomic E-state index is 14.3. The van der Waals surface area contributed by atoms with Crippen LogP contribution in [0.1, 0.15) is 38.5 Å². The molecule has 1 aliphatic rings. The average Bonchev–Trinajstić information content (AvgIpc) is 2.59. The minimum Gasteiger partial charge on any atom is -0.392 e. The van der Waals surface area contributed by atoms with Gasteiger partial charge in [0.1, 0.15) is 7.14 Å². The topological polar surface area (TPSA) is 37.3 Å². The van der Waals surface area contributed by atoms with Gasteiger partial charge in [0, 0.05) is 16.3 Å². The summed E-state index contributed by atoms with van der Waals surface area (Å²) >= 11 is 0. The molecule has 0 spiro atoms. The molecule has 1 fully saturated rings. The summed E-state index contributed by atoms with van der Waals surface area (Å²) in [6.45, 7) is 0. The zero-order valence-corrected chi connectivity index (χ0v) is 14.4. The zero-order valence-electron chi connectivity index (χ0n) is 13.5. The Balaban J connectivity index is 2.10. The lowest BCUT2D eigenvalue weighted by molar-refractivity contribution is 0.144. The molecule has 0 aromatic heterocycles. The van der Waals surface area contributed by atoms with E-state index >= 15 is 0 Å². The van der Waals surface area contributed by atoms with Gasteiger partial charge in [-0.1, -0.05) is 86.3 Å². The van der Waals surface area contributed by atoms with Crippen molar-refractivity contribution in [1.29, 1.82) is 0 Å². The smallest absolute Gasteiger partial charge is 0.148 e. The van der Waals surface area contributed by atoms with E-state index < -0.39 is 13.2 Å². The summed E-state index contributed by atoms with van der Waals surface area (Å²) in [5.41, 5.74) is -0.174. The van der Waals surface area contributed by atoms with Crippen molar-refractivity contribution in [3.05, 3.63) is 60.7 Å². The van der Waals surface area contributed by atoms with Gasteiger partial charge in [0.05, 0.1) is 6.10 Å². The molecule has 0 unspecified atom stereocenters. The fourth-order valence-electron chi connectivity index (χ4n) is 3.70. The molecule has 1 saturated carbocycles. The van der Waals surface area contributed by atoms with E-state index in [0.29, 0.717) is 0 Å². The largest absolute Gasteiger partial charge is 0.392 e. The quantitative estimate of drug-likeness (QED) is 0.862. The van der Waals surface area contributed by atoms with Gasteiger partial charge >= 0.3 is 0 Å². The van der Waals surface area contributed by atoms with Crippen LogP contribution in [-0.2, 0) is 4.57 Å². The monoisotopic (exact) mass is 328 g/mol. The van der Waals surface area contributed by atoms with Gasteiger partial charge < -0.3 is 9.67 Å². The highest BCUT2D eigenvalue weighted by Crippen LogP contribution is 2.52. The van der Waals surface area contributed by atoms with E-state index in [2.05, 4.69) is 0 Å². The van der Waals surface area contributed by atoms with Gasteiger partial charge in [-0.15, -0.1) is 0 Å². The molecule has 3 rings (SSSR count). The SMILES string of the molecule is O=P(c1ccccc1)(c1ccccc1)[C@@H]1CCCCCC[C@@H]1O. The summed E-state index contributed by atoms with van der Waals surface area (Å²) in [6, 6.07) is 19.5. The molecular formula is C20H25O2P. The molecule has 0 saturated heterocycles. The zero-order chi connectivity index (χ0) is 16.1. The van der Waals surface area contributed by atoms with Crippen molar-refractivity contribution in [3.63, 3.8) is 0 Å². The van der Waals surface area contributed by atoms with E-state index in [4.69, 9.17) is 0 Å². The molecule has 2 aromatic rings. The van der Waals surface area contributed by atoms with Crippen LogP contribution in [0, 0.1) is 0 Å². The average molecular weight is 328 g/mol. The van der Waals surface area contributed by atoms with Crippen LogP contribution in [0.3, 0.4) is 0 Å². The summed E-state index contributed by atoms with van der Waals surface area (Å²) in [5, 5.41) is 12.5. The molecule has 3 heteroatoms. The van der Waals surface area contributed by atoms with Gasteiger partial charge in [0.15, 0.2) is 0 Å². The lowest BCUT2D eigenvalue weighted by Gasteiger charge is -2.33. The summed E-state index contributed by atoms with van der Waals surface area (Å²) in [4.78, 5) is 0. The lowest BCUT2D eigenvalue weighted by atomic mass is 9.98. The van der Waals surface area contributed by atoms with Crippen LogP contribution < -0.4 is 10.6 Å². The highest BCUT2D eigenvalue weighted by atomic mass is 31.2. The number of hydrogen-bond donors (Lipinski definition) is 1. The molecule has 0 aliphatic heterocycles. The molecule has 122 valence electrons. The van der Waals surface area contributed by atoms with Crippen molar-refractivity contribution in [2.24, 2.45) is 0 Å². The summed E-state index contributed by atoms with van der Waals surface area (Å²) in [6.07, 6.45) is 5.53. The Morgan fingerprint density at radius 3 is 1.74 bits per heavy atom. The minimum atomic E-state index is -2.85. The fraction of sp³-hybridized carbons (Fsp3) is 0.400. The predicted molar refractivity (Wildman–Crippen MR) is 97.3 cm³/mol. The second kappa shape index (κ2) is 7.47. The molecule has 1 aliphatic carbocycles. The molecular weight excluding hydrogens is 303 g/mol. The minimum absolute atomic E-state index is 0.174. The van der Waals surface area contributed by atoms with Gasteiger partial charge in [0.2, 0.25) is 0 Å². The van der Waals surface area contributed by atoms with Crippen LogP contribution in [0.2, 0.25) is 0 Å². The number of hydrogen-bond acceptors (Lipinski definition) is 2. The second-order valence-corrected chi connectivity index (χ2v) is 9.47. The van der Waals surface area contributed by atoms with Crippen LogP contribution >= 0.6 is 7.14 Å². The standard InChI is InChI=1S/C20H25O2P/c21-19-15-9-1-2-10-16-20(19)23(22,17-11-5-3-6-12-17)18-13-7-4-8-14-18/h3-8,11-14,19-21H,1-2,9-10,15-16H2/t19-,20+/m0/s1. The van der Waals surface area contributed by atoms with E-state index in [1.165, 1.54) is 12.8 Å². The van der Waals surface area contributed by atoms with Gasteiger partial charge in [-0.2, -0.15) is 0 Å². The van der Waals surface area contributed by atoms with Crippen LogP contribution in [0.5, 0.6) is 0 Å². The third kappa shape index (κ3) is 3.44. The van der Waals surface area contributed by atoms with Crippen LogP contribution in [-0.4, -0.2) is 16.9 Å².